The summed E-state index contributed by atoms with van der Waals surface area (Å²) in [4.78, 5) is 18.8. The summed E-state index contributed by atoms with van der Waals surface area (Å²) in [5, 5.41) is 10.6. The molecule has 1 saturated heterocycles. The second kappa shape index (κ2) is 13.2. The van der Waals surface area contributed by atoms with Gasteiger partial charge in [0.1, 0.15) is 5.75 Å². The third-order valence-corrected chi connectivity index (χ3v) is 6.08. The first kappa shape index (κ1) is 25.8. The molecule has 1 aromatic carbocycles. The topological polar surface area (TPSA) is 78.0 Å². The van der Waals surface area contributed by atoms with Crippen LogP contribution in [0.1, 0.15) is 44.9 Å². The first-order chi connectivity index (χ1) is 14.6. The Balaban J connectivity index is 0.00000341. The van der Waals surface area contributed by atoms with E-state index in [2.05, 4.69) is 25.8 Å². The van der Waals surface area contributed by atoms with Gasteiger partial charge in [-0.3, -0.25) is 9.79 Å². The van der Waals surface area contributed by atoms with E-state index in [9.17, 15) is 4.79 Å². The van der Waals surface area contributed by atoms with Gasteiger partial charge >= 0.3 is 0 Å². The summed E-state index contributed by atoms with van der Waals surface area (Å²) in [6.07, 6.45) is 7.39. The van der Waals surface area contributed by atoms with Gasteiger partial charge < -0.3 is 25.6 Å². The van der Waals surface area contributed by atoms with Crippen molar-refractivity contribution in [2.24, 2.45) is 4.99 Å². The summed E-state index contributed by atoms with van der Waals surface area (Å²) in [5.41, 5.74) is 1.01. The lowest BCUT2D eigenvalue weighted by molar-refractivity contribution is -0.121. The molecule has 1 heterocycles. The molecule has 1 aliphatic carbocycles. The molecule has 9 heteroatoms. The van der Waals surface area contributed by atoms with Crippen LogP contribution in [0.4, 0.5) is 5.69 Å². The molecule has 0 aromatic heterocycles. The van der Waals surface area contributed by atoms with Gasteiger partial charge in [-0.1, -0.05) is 30.9 Å². The van der Waals surface area contributed by atoms with Crippen LogP contribution in [-0.4, -0.2) is 57.7 Å². The van der Waals surface area contributed by atoms with E-state index >= 15 is 0 Å². The molecule has 31 heavy (non-hydrogen) atoms. The molecular formula is C22H35ClIN5O2. The number of hydrogen-bond donors (Lipinski definition) is 3. The van der Waals surface area contributed by atoms with Crippen LogP contribution in [0.2, 0.25) is 5.02 Å². The fourth-order valence-electron chi connectivity index (χ4n) is 4.24. The molecule has 2 fully saturated rings. The maximum Gasteiger partial charge on any atom is 0.221 e. The van der Waals surface area contributed by atoms with Crippen molar-refractivity contribution in [3.05, 3.63) is 23.2 Å². The molecule has 174 valence electrons. The molecular weight excluding hydrogens is 529 g/mol. The number of hydrogen-bond acceptors (Lipinski definition) is 4. The Morgan fingerprint density at radius 1 is 1.19 bits per heavy atom. The van der Waals surface area contributed by atoms with Crippen LogP contribution in [0.25, 0.3) is 0 Å². The Morgan fingerprint density at radius 2 is 1.97 bits per heavy atom. The molecule has 1 unspecified atom stereocenters. The number of ether oxygens (including phenoxy) is 1. The van der Waals surface area contributed by atoms with Gasteiger partial charge in [0.05, 0.1) is 12.8 Å². The number of carbonyl (C=O) groups is 1. The average Bonchev–Trinajstić information content (AvgIpc) is 3.22. The summed E-state index contributed by atoms with van der Waals surface area (Å²) in [7, 11) is 3.43. The smallest absolute Gasteiger partial charge is 0.221 e. The largest absolute Gasteiger partial charge is 0.495 e. The van der Waals surface area contributed by atoms with Crippen molar-refractivity contribution in [3.63, 3.8) is 0 Å². The normalized spacial score (nSPS) is 19.5. The van der Waals surface area contributed by atoms with E-state index in [4.69, 9.17) is 16.3 Å². The van der Waals surface area contributed by atoms with Gasteiger partial charge in [0, 0.05) is 50.2 Å². The van der Waals surface area contributed by atoms with Gasteiger partial charge in [0.2, 0.25) is 5.91 Å². The Bertz CT molecular complexity index is 743. The lowest BCUT2D eigenvalue weighted by atomic mass is 9.95. The second-order valence-corrected chi connectivity index (χ2v) is 8.48. The second-order valence-electron chi connectivity index (χ2n) is 8.04. The third-order valence-electron chi connectivity index (χ3n) is 5.85. The van der Waals surface area contributed by atoms with E-state index in [1.54, 1.807) is 14.2 Å². The Labute approximate surface area is 207 Å². The van der Waals surface area contributed by atoms with E-state index in [-0.39, 0.29) is 35.9 Å². The fourth-order valence-corrected chi connectivity index (χ4v) is 4.40. The Kier molecular flexibility index (Phi) is 11.0. The van der Waals surface area contributed by atoms with Gasteiger partial charge in [-0.15, -0.1) is 24.0 Å². The number of anilines is 1. The van der Waals surface area contributed by atoms with Crippen molar-refractivity contribution >= 4 is 53.1 Å². The zero-order chi connectivity index (χ0) is 21.3. The number of amides is 1. The van der Waals surface area contributed by atoms with E-state index in [1.807, 2.05) is 18.2 Å². The summed E-state index contributed by atoms with van der Waals surface area (Å²) >= 11 is 6.18. The van der Waals surface area contributed by atoms with Crippen LogP contribution in [-0.2, 0) is 4.79 Å². The van der Waals surface area contributed by atoms with Gasteiger partial charge in [-0.25, -0.2) is 0 Å². The highest BCUT2D eigenvalue weighted by molar-refractivity contribution is 14.0. The highest BCUT2D eigenvalue weighted by Gasteiger charge is 2.25. The number of aliphatic imine (C=N–C) groups is 1. The molecule has 1 amide bonds. The number of carbonyl (C=O) groups excluding carboxylic acids is 1. The lowest BCUT2D eigenvalue weighted by Crippen LogP contribution is -2.46. The summed E-state index contributed by atoms with van der Waals surface area (Å²) in [6.45, 7) is 2.31. The fraction of sp³-hybridized carbons (Fsp3) is 0.636. The number of guanidine groups is 1. The van der Waals surface area contributed by atoms with Crippen LogP contribution in [0, 0.1) is 0 Å². The van der Waals surface area contributed by atoms with Gasteiger partial charge in [-0.2, -0.15) is 0 Å². The molecule has 3 N–H and O–H groups in total. The van der Waals surface area contributed by atoms with Crippen molar-refractivity contribution in [2.45, 2.75) is 57.0 Å². The minimum Gasteiger partial charge on any atom is -0.495 e. The lowest BCUT2D eigenvalue weighted by Gasteiger charge is -2.23. The van der Waals surface area contributed by atoms with Gasteiger partial charge in [0.25, 0.3) is 0 Å². The average molecular weight is 564 g/mol. The first-order valence-corrected chi connectivity index (χ1v) is 11.3. The summed E-state index contributed by atoms with van der Waals surface area (Å²) in [6, 6.07) is 6.30. The van der Waals surface area contributed by atoms with Crippen molar-refractivity contribution in [1.29, 1.82) is 0 Å². The first-order valence-electron chi connectivity index (χ1n) is 10.9. The minimum atomic E-state index is 0. The van der Waals surface area contributed by atoms with Crippen LogP contribution in [0.15, 0.2) is 23.2 Å². The van der Waals surface area contributed by atoms with Gasteiger partial charge in [-0.05, 0) is 37.5 Å². The monoisotopic (exact) mass is 563 g/mol. The van der Waals surface area contributed by atoms with Crippen molar-refractivity contribution < 1.29 is 9.53 Å². The molecule has 0 radical (unpaired) electrons. The predicted octanol–water partition coefficient (Wildman–Crippen LogP) is 3.55. The van der Waals surface area contributed by atoms with E-state index < -0.39 is 0 Å². The van der Waals surface area contributed by atoms with Crippen molar-refractivity contribution in [2.75, 3.05) is 38.7 Å². The van der Waals surface area contributed by atoms with Crippen molar-refractivity contribution in [3.8, 4) is 5.75 Å². The number of methoxy groups -OCH3 is 1. The number of nitrogens with zero attached hydrogens (tertiary/aromatic N) is 2. The zero-order valence-corrected chi connectivity index (χ0v) is 21.5. The van der Waals surface area contributed by atoms with Gasteiger partial charge in [0.15, 0.2) is 5.96 Å². The molecule has 3 rings (SSSR count). The Hall–Kier alpha value is -1.42. The number of rotatable bonds is 7. The van der Waals surface area contributed by atoms with Crippen LogP contribution < -0.4 is 25.6 Å². The molecule has 2 aliphatic rings. The van der Waals surface area contributed by atoms with Crippen molar-refractivity contribution in [1.82, 2.24) is 16.0 Å². The highest BCUT2D eigenvalue weighted by atomic mass is 127. The Morgan fingerprint density at radius 3 is 2.68 bits per heavy atom. The maximum absolute atomic E-state index is 12.2. The van der Waals surface area contributed by atoms with Crippen LogP contribution in [0.3, 0.4) is 0 Å². The van der Waals surface area contributed by atoms with Crippen LogP contribution in [0.5, 0.6) is 5.75 Å². The maximum atomic E-state index is 12.2. The number of nitrogens with one attached hydrogen (secondary N) is 3. The molecule has 0 spiro atoms. The number of benzene rings is 1. The highest BCUT2D eigenvalue weighted by Crippen LogP contribution is 2.33. The third kappa shape index (κ3) is 7.89. The molecule has 1 saturated carbocycles. The molecule has 1 aliphatic heterocycles. The molecule has 0 bridgehead atoms. The minimum absolute atomic E-state index is 0. The SMILES string of the molecule is CN=C(NCCC(=O)NC1CCCCC1)NC1CCN(c2cc(Cl)ccc2OC)C1.I. The van der Waals surface area contributed by atoms with E-state index in [0.717, 1.165) is 49.7 Å². The van der Waals surface area contributed by atoms with Crippen LogP contribution >= 0.6 is 35.6 Å². The standard InChI is InChI=1S/C22H34ClN5O2.HI/c1-24-22(25-12-10-21(29)26-17-6-4-3-5-7-17)27-18-11-13-28(15-18)19-14-16(23)8-9-20(19)30-2;/h8-9,14,17-18H,3-7,10-13,15H2,1-2H3,(H,26,29)(H2,24,25,27);1H. The molecule has 1 aromatic rings. The quantitative estimate of drug-likeness (QED) is 0.269. The summed E-state index contributed by atoms with van der Waals surface area (Å²) in [5.74, 6) is 1.67. The van der Waals surface area contributed by atoms with E-state index in [1.165, 1.54) is 19.3 Å². The zero-order valence-electron chi connectivity index (χ0n) is 18.5. The molecule has 1 atom stereocenters. The molecule has 7 nitrogen and oxygen atoms in total. The van der Waals surface area contributed by atoms with E-state index in [0.29, 0.717) is 24.0 Å². The summed E-state index contributed by atoms with van der Waals surface area (Å²) < 4.78 is 5.49. The predicted molar refractivity (Wildman–Crippen MR) is 138 cm³/mol. The number of halogens is 2.